The van der Waals surface area contributed by atoms with E-state index in [-0.39, 0.29) is 40.8 Å². The van der Waals surface area contributed by atoms with E-state index in [4.69, 9.17) is 0 Å². The van der Waals surface area contributed by atoms with Gasteiger partial charge < -0.3 is 0 Å². The molecule has 2 aliphatic rings. The van der Waals surface area contributed by atoms with Gasteiger partial charge in [-0.15, -0.1) is 0 Å². The van der Waals surface area contributed by atoms with Crippen LogP contribution in [0.1, 0.15) is 8.87 Å². The van der Waals surface area contributed by atoms with Gasteiger partial charge in [-0.05, 0) is 0 Å². The van der Waals surface area contributed by atoms with E-state index in [0.29, 0.717) is 22.5 Å². The summed E-state index contributed by atoms with van der Waals surface area (Å²) in [6.45, 7) is 0. The van der Waals surface area contributed by atoms with Gasteiger partial charge in [0.2, 0.25) is 0 Å². The zero-order valence-corrected chi connectivity index (χ0v) is 13.5. The molecule has 4 rings (SSSR count). The Kier molecular flexibility index (Phi) is 2.72. The van der Waals surface area contributed by atoms with E-state index in [1.54, 1.807) is 0 Å². The molecule has 0 spiro atoms. The molecule has 2 aromatic heterocycles. The Hall–Kier alpha value is -1.58. The Morgan fingerprint density at radius 3 is 1.55 bits per heavy atom. The third kappa shape index (κ3) is 1.67. The van der Waals surface area contributed by atoms with E-state index >= 15 is 0 Å². The van der Waals surface area contributed by atoms with Crippen LogP contribution in [0.25, 0.3) is 11.4 Å². The number of nitrogens with one attached hydrogen (secondary N) is 2. The molecule has 0 aliphatic carbocycles. The minimum atomic E-state index is -0.171. The van der Waals surface area contributed by atoms with Crippen molar-refractivity contribution in [3.8, 4) is 0 Å². The average molecular weight is 394 g/mol. The van der Waals surface area contributed by atoms with Crippen molar-refractivity contribution >= 4 is 52.2 Å². The van der Waals surface area contributed by atoms with Gasteiger partial charge in [0.15, 0.2) is 0 Å². The van der Waals surface area contributed by atoms with Crippen molar-refractivity contribution in [3.05, 3.63) is 54.2 Å². The second kappa shape index (κ2) is 4.47. The topological polar surface area (TPSA) is 58.2 Å². The fourth-order valence-corrected chi connectivity index (χ4v) is 5.46. The molecule has 0 saturated heterocycles. The SMILES string of the molecule is O=C1NC(c2ccc[se]2)=C2C(=O)NC(c3ccc[se]3)=C12. The van der Waals surface area contributed by atoms with Crippen LogP contribution in [0.5, 0.6) is 0 Å². The molecule has 0 unspecified atom stereocenters. The molecule has 4 heterocycles. The van der Waals surface area contributed by atoms with Crippen LogP contribution >= 0.6 is 0 Å². The molecule has 0 fully saturated rings. The summed E-state index contributed by atoms with van der Waals surface area (Å²) < 4.78 is 2.10. The van der Waals surface area contributed by atoms with Gasteiger partial charge in [-0.2, -0.15) is 0 Å². The van der Waals surface area contributed by atoms with Crippen LogP contribution < -0.4 is 10.6 Å². The molecule has 6 heteroatoms. The Balaban J connectivity index is 1.95. The molecule has 0 saturated carbocycles. The normalized spacial score (nSPS) is 17.6. The molecule has 4 nitrogen and oxygen atoms in total. The van der Waals surface area contributed by atoms with Gasteiger partial charge in [0, 0.05) is 0 Å². The van der Waals surface area contributed by atoms with Crippen LogP contribution in [-0.4, -0.2) is 40.8 Å². The number of hydrogen-bond donors (Lipinski definition) is 2. The number of fused-ring (bicyclic) bond motifs is 1. The van der Waals surface area contributed by atoms with Crippen LogP contribution in [0.4, 0.5) is 0 Å². The van der Waals surface area contributed by atoms with Gasteiger partial charge in [-0.3, -0.25) is 0 Å². The molecule has 2 amide bonds. The summed E-state index contributed by atoms with van der Waals surface area (Å²) in [5.74, 6) is -0.342. The number of carbonyl (C=O) groups excluding carboxylic acids is 2. The maximum absolute atomic E-state index is 12.3. The van der Waals surface area contributed by atoms with Crippen LogP contribution in [0.2, 0.25) is 0 Å². The first-order valence-corrected chi connectivity index (χ1v) is 9.64. The van der Waals surface area contributed by atoms with E-state index in [1.807, 2.05) is 24.3 Å². The second-order valence-corrected chi connectivity index (χ2v) is 8.34. The predicted octanol–water partition coefficient (Wildman–Crippen LogP) is 0.183. The zero-order chi connectivity index (χ0) is 13.7. The molecule has 0 aromatic carbocycles. The molecule has 2 N–H and O–H groups in total. The first kappa shape index (κ1) is 12.2. The van der Waals surface area contributed by atoms with E-state index in [0.717, 1.165) is 8.87 Å². The Morgan fingerprint density at radius 2 is 1.20 bits per heavy atom. The fourth-order valence-electron chi connectivity index (χ4n) is 2.39. The summed E-state index contributed by atoms with van der Waals surface area (Å²) in [5, 5.41) is 5.74. The fraction of sp³-hybridized carbons (Fsp3) is 0. The van der Waals surface area contributed by atoms with Crippen LogP contribution in [0.15, 0.2) is 45.3 Å². The van der Waals surface area contributed by atoms with Crippen molar-refractivity contribution in [2.75, 3.05) is 0 Å². The number of amides is 2. The maximum atomic E-state index is 12.3. The van der Waals surface area contributed by atoms with E-state index in [9.17, 15) is 9.59 Å². The summed E-state index contributed by atoms with van der Waals surface area (Å²) in [6, 6.07) is 7.88. The standard InChI is InChI=1S/C14H8N2O2Se2/c17-13-9-10(12(16-13)8-4-2-6-20-8)14(18)15-11(9)7-3-1-5-19-7/h1-6H,(H,15,18)(H,16,17). The molecule has 2 aromatic rings. The second-order valence-electron chi connectivity index (χ2n) is 4.36. The minimum absolute atomic E-state index is 0.171. The Morgan fingerprint density at radius 1 is 0.750 bits per heavy atom. The molecule has 0 radical (unpaired) electrons. The molecule has 0 bridgehead atoms. The first-order chi connectivity index (χ1) is 9.75. The summed E-state index contributed by atoms with van der Waals surface area (Å²) in [7, 11) is 0. The van der Waals surface area contributed by atoms with Crippen molar-refractivity contribution in [3.63, 3.8) is 0 Å². The molecular weight excluding hydrogens is 386 g/mol. The predicted molar refractivity (Wildman–Crippen MR) is 76.9 cm³/mol. The zero-order valence-electron chi connectivity index (χ0n) is 10.1. The van der Waals surface area contributed by atoms with E-state index in [1.165, 1.54) is 0 Å². The molecule has 20 heavy (non-hydrogen) atoms. The molecular formula is C14H8N2O2Se2. The van der Waals surface area contributed by atoms with Gasteiger partial charge >= 0.3 is 127 Å². The van der Waals surface area contributed by atoms with Crippen molar-refractivity contribution in [1.29, 1.82) is 0 Å². The summed E-state index contributed by atoms with van der Waals surface area (Å²) in [4.78, 5) is 28.6. The van der Waals surface area contributed by atoms with Gasteiger partial charge in [0.05, 0.1) is 0 Å². The molecule has 98 valence electrons. The molecule has 0 atom stereocenters. The Bertz CT molecular complexity index is 715. The van der Waals surface area contributed by atoms with Crippen molar-refractivity contribution in [2.45, 2.75) is 0 Å². The summed E-state index contributed by atoms with van der Waals surface area (Å²) in [5.41, 5.74) is 2.43. The third-order valence-corrected chi connectivity index (χ3v) is 6.94. The average Bonchev–Trinajstić information content (AvgIpc) is 3.17. The quantitative estimate of drug-likeness (QED) is 0.715. The summed E-state index contributed by atoms with van der Waals surface area (Å²) in [6.07, 6.45) is 0. The number of hydrogen-bond acceptors (Lipinski definition) is 2. The van der Waals surface area contributed by atoms with Crippen molar-refractivity contribution in [1.82, 2.24) is 10.6 Å². The van der Waals surface area contributed by atoms with Crippen LogP contribution in [-0.2, 0) is 9.59 Å². The Labute approximate surface area is 126 Å². The van der Waals surface area contributed by atoms with Crippen LogP contribution in [0.3, 0.4) is 0 Å². The van der Waals surface area contributed by atoms with Crippen LogP contribution in [0, 0.1) is 0 Å². The van der Waals surface area contributed by atoms with Gasteiger partial charge in [0.25, 0.3) is 0 Å². The van der Waals surface area contributed by atoms with Gasteiger partial charge in [0.1, 0.15) is 0 Å². The third-order valence-electron chi connectivity index (χ3n) is 3.22. The molecule has 2 aliphatic heterocycles. The number of rotatable bonds is 2. The van der Waals surface area contributed by atoms with Crippen molar-refractivity contribution in [2.24, 2.45) is 0 Å². The van der Waals surface area contributed by atoms with Gasteiger partial charge in [-0.25, -0.2) is 0 Å². The summed E-state index contributed by atoms with van der Waals surface area (Å²) >= 11 is 0.373. The van der Waals surface area contributed by atoms with Gasteiger partial charge in [-0.1, -0.05) is 0 Å². The monoisotopic (exact) mass is 396 g/mol. The number of carbonyl (C=O) groups is 2. The van der Waals surface area contributed by atoms with E-state index < -0.39 is 0 Å². The van der Waals surface area contributed by atoms with Crippen molar-refractivity contribution < 1.29 is 9.59 Å². The first-order valence-electron chi connectivity index (χ1n) is 5.95. The van der Waals surface area contributed by atoms with E-state index in [2.05, 4.69) is 20.5 Å².